The second-order valence-corrected chi connectivity index (χ2v) is 17.4. The number of Topliss-reactive ketones (excluding diaryl/α,β-unsaturated/α-hetero) is 1. The predicted molar refractivity (Wildman–Crippen MR) is 192 cm³/mol. The fourth-order valence-electron chi connectivity index (χ4n) is 9.16. The predicted octanol–water partition coefficient (Wildman–Crippen LogP) is 3.06. The molecule has 18 unspecified atom stereocenters. The average molecular weight is 744 g/mol. The standard InChI is InChI=1S/C39H69NO12/c1-19-17-38(8,46)35(52-37-31(43)27(40(10)11)16-20(2)48-37)23(5)32(50-28-18-39(9,47-12)34(44)25(7)49-28)24(6)36(45)51-33(26-14-13-15-26)22(4)30(42)21(3)29(19)41/h19-28,30-35,37,42-44,46H,13-18H2,1-12H3. The van der Waals surface area contributed by atoms with Gasteiger partial charge in [-0.2, -0.15) is 0 Å². The molecule has 0 aromatic carbocycles. The van der Waals surface area contributed by atoms with E-state index >= 15 is 0 Å². The lowest BCUT2D eigenvalue weighted by Crippen LogP contribution is -2.60. The molecule has 0 aromatic rings. The third-order valence-electron chi connectivity index (χ3n) is 12.9. The van der Waals surface area contributed by atoms with Crippen LogP contribution < -0.4 is 0 Å². The van der Waals surface area contributed by atoms with Crippen LogP contribution in [0.3, 0.4) is 0 Å². The summed E-state index contributed by atoms with van der Waals surface area (Å²) in [5.74, 6) is -4.41. The summed E-state index contributed by atoms with van der Waals surface area (Å²) >= 11 is 0. The lowest BCUT2D eigenvalue weighted by Gasteiger charge is -2.49. The van der Waals surface area contributed by atoms with Gasteiger partial charge in [-0.05, 0) is 80.3 Å². The maximum atomic E-state index is 14.3. The third-order valence-corrected chi connectivity index (χ3v) is 12.9. The Bertz CT molecular complexity index is 1200. The Kier molecular flexibility index (Phi) is 14.4. The number of ketones is 1. The summed E-state index contributed by atoms with van der Waals surface area (Å²) in [6.07, 6.45) is -5.50. The Hall–Kier alpha value is -1.26. The van der Waals surface area contributed by atoms with Crippen molar-refractivity contribution in [2.24, 2.45) is 35.5 Å². The maximum Gasteiger partial charge on any atom is 0.311 e. The van der Waals surface area contributed by atoms with E-state index in [9.17, 15) is 30.0 Å². The van der Waals surface area contributed by atoms with E-state index in [2.05, 4.69) is 0 Å². The van der Waals surface area contributed by atoms with Gasteiger partial charge in [0.05, 0.1) is 47.6 Å². The number of carbonyl (C=O) groups is 2. The highest BCUT2D eigenvalue weighted by molar-refractivity contribution is 5.83. The fourth-order valence-corrected chi connectivity index (χ4v) is 9.16. The molecular formula is C39H69NO12. The molecule has 13 nitrogen and oxygen atoms in total. The molecule has 0 spiro atoms. The number of hydrogen-bond donors (Lipinski definition) is 4. The van der Waals surface area contributed by atoms with Gasteiger partial charge in [-0.1, -0.05) is 34.1 Å². The van der Waals surface area contributed by atoms with E-state index in [1.807, 2.05) is 39.8 Å². The van der Waals surface area contributed by atoms with Crippen molar-refractivity contribution in [1.29, 1.82) is 0 Å². The zero-order valence-corrected chi connectivity index (χ0v) is 33.6. The van der Waals surface area contributed by atoms with Crippen LogP contribution in [0.2, 0.25) is 0 Å². The zero-order chi connectivity index (χ0) is 39.0. The summed E-state index contributed by atoms with van der Waals surface area (Å²) in [4.78, 5) is 30.2. The Balaban J connectivity index is 1.81. The third kappa shape index (κ3) is 9.22. The van der Waals surface area contributed by atoms with Crippen molar-refractivity contribution >= 4 is 11.8 Å². The largest absolute Gasteiger partial charge is 0.461 e. The van der Waals surface area contributed by atoms with Crippen LogP contribution in [0.15, 0.2) is 0 Å². The molecule has 1 saturated carbocycles. The second kappa shape index (κ2) is 17.3. The molecule has 4 rings (SSSR count). The van der Waals surface area contributed by atoms with Crippen molar-refractivity contribution in [3.8, 4) is 0 Å². The van der Waals surface area contributed by atoms with Crippen LogP contribution in [0.4, 0.5) is 0 Å². The normalized spacial score (nSPS) is 49.2. The van der Waals surface area contributed by atoms with Gasteiger partial charge in [0.1, 0.15) is 24.1 Å². The van der Waals surface area contributed by atoms with E-state index in [0.717, 1.165) is 19.3 Å². The first-order valence-electron chi connectivity index (χ1n) is 19.5. The van der Waals surface area contributed by atoms with Crippen LogP contribution in [-0.4, -0.2) is 137 Å². The molecule has 4 N–H and O–H groups in total. The first-order chi connectivity index (χ1) is 24.1. The molecule has 1 aliphatic carbocycles. The van der Waals surface area contributed by atoms with Crippen LogP contribution in [-0.2, 0) is 38.0 Å². The molecule has 13 heteroatoms. The number of methoxy groups -OCH3 is 1. The van der Waals surface area contributed by atoms with Crippen molar-refractivity contribution in [1.82, 2.24) is 4.90 Å². The summed E-state index contributed by atoms with van der Waals surface area (Å²) in [6, 6.07) is -0.294. The minimum absolute atomic E-state index is 0.0374. The molecule has 4 fully saturated rings. The molecule has 0 bridgehead atoms. The summed E-state index contributed by atoms with van der Waals surface area (Å²) < 4.78 is 37.8. The number of cyclic esters (lactones) is 1. The van der Waals surface area contributed by atoms with Crippen molar-refractivity contribution in [2.45, 2.75) is 179 Å². The zero-order valence-electron chi connectivity index (χ0n) is 33.6. The van der Waals surface area contributed by atoms with E-state index < -0.39 is 102 Å². The molecule has 4 aliphatic rings. The molecule has 18 atom stereocenters. The molecule has 0 aromatic heterocycles. The number of aliphatic hydroxyl groups excluding tert-OH is 3. The highest BCUT2D eigenvalue weighted by atomic mass is 16.7. The summed E-state index contributed by atoms with van der Waals surface area (Å²) in [5.41, 5.74) is -2.73. The van der Waals surface area contributed by atoms with Crippen LogP contribution in [0, 0.1) is 35.5 Å². The minimum Gasteiger partial charge on any atom is -0.461 e. The number of nitrogens with zero attached hydrogens (tertiary/aromatic N) is 1. The summed E-state index contributed by atoms with van der Waals surface area (Å²) in [7, 11) is 5.26. The van der Waals surface area contributed by atoms with Crippen LogP contribution in [0.5, 0.6) is 0 Å². The number of hydrogen-bond acceptors (Lipinski definition) is 13. The lowest BCUT2D eigenvalue weighted by atomic mass is 9.71. The number of aliphatic hydroxyl groups is 4. The summed E-state index contributed by atoms with van der Waals surface area (Å²) in [5, 5.41) is 46.5. The van der Waals surface area contributed by atoms with Gasteiger partial charge < -0.3 is 53.7 Å². The van der Waals surface area contributed by atoms with E-state index in [4.69, 9.17) is 28.4 Å². The number of esters is 1. The minimum atomic E-state index is -1.72. The Labute approximate surface area is 311 Å². The second-order valence-electron chi connectivity index (χ2n) is 17.4. The molecule has 52 heavy (non-hydrogen) atoms. The molecule has 302 valence electrons. The fraction of sp³-hybridized carbons (Fsp3) is 0.949. The van der Waals surface area contributed by atoms with E-state index in [0.29, 0.717) is 6.42 Å². The number of rotatable bonds is 7. The van der Waals surface area contributed by atoms with Gasteiger partial charge in [-0.25, -0.2) is 0 Å². The number of ether oxygens (including phenoxy) is 6. The van der Waals surface area contributed by atoms with Crippen LogP contribution >= 0.6 is 0 Å². The van der Waals surface area contributed by atoms with Gasteiger partial charge in [0.2, 0.25) is 0 Å². The van der Waals surface area contributed by atoms with Crippen molar-refractivity contribution < 1.29 is 58.4 Å². The lowest BCUT2D eigenvalue weighted by molar-refractivity contribution is -0.317. The Morgan fingerprint density at radius 1 is 0.846 bits per heavy atom. The molecular weight excluding hydrogens is 674 g/mol. The molecule has 0 radical (unpaired) electrons. The first kappa shape index (κ1) is 43.5. The quantitative estimate of drug-likeness (QED) is 0.281. The number of carbonyl (C=O) groups excluding carboxylic acids is 2. The smallest absolute Gasteiger partial charge is 0.311 e. The average Bonchev–Trinajstić information content (AvgIpc) is 3.05. The summed E-state index contributed by atoms with van der Waals surface area (Å²) in [6.45, 7) is 15.8. The molecule has 3 aliphatic heterocycles. The van der Waals surface area contributed by atoms with E-state index in [1.165, 1.54) is 7.11 Å². The Morgan fingerprint density at radius 3 is 2.04 bits per heavy atom. The van der Waals surface area contributed by atoms with Gasteiger partial charge in [-0.3, -0.25) is 9.59 Å². The van der Waals surface area contributed by atoms with Gasteiger partial charge in [0.25, 0.3) is 0 Å². The van der Waals surface area contributed by atoms with Gasteiger partial charge in [0, 0.05) is 43.2 Å². The van der Waals surface area contributed by atoms with E-state index in [1.54, 1.807) is 41.5 Å². The van der Waals surface area contributed by atoms with E-state index in [-0.39, 0.29) is 36.7 Å². The van der Waals surface area contributed by atoms with Crippen molar-refractivity contribution in [2.75, 3.05) is 21.2 Å². The van der Waals surface area contributed by atoms with Crippen LogP contribution in [0.25, 0.3) is 0 Å². The van der Waals surface area contributed by atoms with Gasteiger partial charge in [0.15, 0.2) is 12.6 Å². The highest BCUT2D eigenvalue weighted by Gasteiger charge is 2.52. The monoisotopic (exact) mass is 743 g/mol. The maximum absolute atomic E-state index is 14.3. The topological polar surface area (TPSA) is 174 Å². The Morgan fingerprint density at radius 2 is 1.48 bits per heavy atom. The molecule has 3 heterocycles. The van der Waals surface area contributed by atoms with Crippen LogP contribution in [0.1, 0.15) is 101 Å². The molecule has 3 saturated heterocycles. The van der Waals surface area contributed by atoms with Gasteiger partial charge >= 0.3 is 5.97 Å². The number of likely N-dealkylation sites (N-methyl/N-ethyl adjacent to an activating group) is 1. The molecule has 0 amide bonds. The SMILES string of the molecule is COC1(C)CC(OC2C(C)C(=O)OC(C3CCC3)C(C)C(O)C(C)C(=O)C(C)CC(C)(O)C(OC3OC(C)CC(N(C)C)C3O)C2C)OC(C)C1O. The van der Waals surface area contributed by atoms with Crippen molar-refractivity contribution in [3.63, 3.8) is 0 Å². The van der Waals surface area contributed by atoms with Crippen molar-refractivity contribution in [3.05, 3.63) is 0 Å². The van der Waals surface area contributed by atoms with Gasteiger partial charge in [-0.15, -0.1) is 0 Å². The highest BCUT2D eigenvalue weighted by Crippen LogP contribution is 2.42. The first-order valence-corrected chi connectivity index (χ1v) is 19.5.